The smallest absolute Gasteiger partial charge is 0.347 e. The van der Waals surface area contributed by atoms with Crippen molar-refractivity contribution in [3.8, 4) is 11.5 Å². The SMILES string of the molecule is CCOC(=O)C(C)Oc1c(Br)cc(CO)cc1OCC. The lowest BCUT2D eigenvalue weighted by atomic mass is 10.2. The Morgan fingerprint density at radius 1 is 1.35 bits per heavy atom. The minimum absolute atomic E-state index is 0.105. The maximum absolute atomic E-state index is 11.6. The van der Waals surface area contributed by atoms with Gasteiger partial charge in [0.15, 0.2) is 17.6 Å². The largest absolute Gasteiger partial charge is 0.490 e. The molecule has 0 aliphatic carbocycles. The molecule has 5 nitrogen and oxygen atoms in total. The van der Waals surface area contributed by atoms with Crippen LogP contribution in [0.25, 0.3) is 0 Å². The molecule has 1 aromatic carbocycles. The first-order valence-corrected chi connectivity index (χ1v) is 7.22. The van der Waals surface area contributed by atoms with Crippen LogP contribution in [0, 0.1) is 0 Å². The van der Waals surface area contributed by atoms with E-state index in [4.69, 9.17) is 14.2 Å². The van der Waals surface area contributed by atoms with E-state index in [-0.39, 0.29) is 6.61 Å². The van der Waals surface area contributed by atoms with Crippen LogP contribution in [0.5, 0.6) is 11.5 Å². The normalized spacial score (nSPS) is 11.8. The molecule has 1 unspecified atom stereocenters. The van der Waals surface area contributed by atoms with Crippen molar-refractivity contribution in [3.63, 3.8) is 0 Å². The van der Waals surface area contributed by atoms with Crippen LogP contribution < -0.4 is 9.47 Å². The number of rotatable bonds is 7. The van der Waals surface area contributed by atoms with Gasteiger partial charge in [-0.2, -0.15) is 0 Å². The zero-order valence-corrected chi connectivity index (χ0v) is 13.4. The molecule has 1 rings (SSSR count). The molecule has 0 spiro atoms. The standard InChI is InChI=1S/C14H19BrO5/c1-4-18-12-7-10(8-16)6-11(15)13(12)20-9(3)14(17)19-5-2/h6-7,9,16H,4-5,8H2,1-3H3. The maximum atomic E-state index is 11.6. The predicted molar refractivity (Wildman–Crippen MR) is 78.0 cm³/mol. The number of carbonyl (C=O) groups is 1. The van der Waals surface area contributed by atoms with Gasteiger partial charge in [-0.1, -0.05) is 0 Å². The van der Waals surface area contributed by atoms with Gasteiger partial charge in [-0.15, -0.1) is 0 Å². The lowest BCUT2D eigenvalue weighted by Gasteiger charge is -2.18. The van der Waals surface area contributed by atoms with Crippen molar-refractivity contribution < 1.29 is 24.1 Å². The van der Waals surface area contributed by atoms with Gasteiger partial charge in [0.25, 0.3) is 0 Å². The van der Waals surface area contributed by atoms with E-state index >= 15 is 0 Å². The van der Waals surface area contributed by atoms with Crippen LogP contribution in [0.3, 0.4) is 0 Å². The summed E-state index contributed by atoms with van der Waals surface area (Å²) in [4.78, 5) is 11.6. The molecular weight excluding hydrogens is 328 g/mol. The fraction of sp³-hybridized carbons (Fsp3) is 0.500. The number of hydrogen-bond donors (Lipinski definition) is 1. The fourth-order valence-corrected chi connectivity index (χ4v) is 2.16. The van der Waals surface area contributed by atoms with Crippen molar-refractivity contribution in [1.29, 1.82) is 0 Å². The minimum Gasteiger partial charge on any atom is -0.490 e. The first-order valence-electron chi connectivity index (χ1n) is 6.42. The number of esters is 1. The molecule has 1 N–H and O–H groups in total. The Kier molecular flexibility index (Phi) is 6.81. The summed E-state index contributed by atoms with van der Waals surface area (Å²) in [5, 5.41) is 9.19. The van der Waals surface area contributed by atoms with Crippen LogP contribution in [0.15, 0.2) is 16.6 Å². The second-order valence-corrected chi connectivity index (χ2v) is 4.86. The highest BCUT2D eigenvalue weighted by molar-refractivity contribution is 9.10. The van der Waals surface area contributed by atoms with Crippen molar-refractivity contribution in [1.82, 2.24) is 0 Å². The first kappa shape index (κ1) is 16.8. The molecule has 0 saturated heterocycles. The predicted octanol–water partition coefficient (Wildman–Crippen LogP) is 2.67. The molecule has 1 atom stereocenters. The van der Waals surface area contributed by atoms with Crippen LogP contribution in [-0.2, 0) is 16.1 Å². The van der Waals surface area contributed by atoms with E-state index in [0.717, 1.165) is 0 Å². The van der Waals surface area contributed by atoms with Crippen molar-refractivity contribution in [3.05, 3.63) is 22.2 Å². The van der Waals surface area contributed by atoms with Crippen molar-refractivity contribution >= 4 is 21.9 Å². The van der Waals surface area contributed by atoms with E-state index in [2.05, 4.69) is 15.9 Å². The number of aliphatic hydroxyl groups excluding tert-OH is 1. The molecule has 0 amide bonds. The third-order valence-electron chi connectivity index (χ3n) is 2.46. The lowest BCUT2D eigenvalue weighted by molar-refractivity contribution is -0.150. The average Bonchev–Trinajstić information content (AvgIpc) is 2.42. The number of carbonyl (C=O) groups excluding carboxylic acids is 1. The van der Waals surface area contributed by atoms with Gasteiger partial charge in [-0.3, -0.25) is 0 Å². The van der Waals surface area contributed by atoms with Gasteiger partial charge in [0, 0.05) is 0 Å². The second-order valence-electron chi connectivity index (χ2n) is 4.01. The second kappa shape index (κ2) is 8.11. The Hall–Kier alpha value is -1.27. The van der Waals surface area contributed by atoms with Crippen molar-refractivity contribution in [2.45, 2.75) is 33.5 Å². The maximum Gasteiger partial charge on any atom is 0.347 e. The van der Waals surface area contributed by atoms with Gasteiger partial charge in [0.1, 0.15) is 0 Å². The fourth-order valence-electron chi connectivity index (χ4n) is 1.57. The molecule has 1 aromatic rings. The Labute approximate surface area is 127 Å². The van der Waals surface area contributed by atoms with Crippen molar-refractivity contribution in [2.24, 2.45) is 0 Å². The van der Waals surface area contributed by atoms with Crippen LogP contribution in [0.2, 0.25) is 0 Å². The Balaban J connectivity index is 3.00. The summed E-state index contributed by atoms with van der Waals surface area (Å²) < 4.78 is 16.6. The third kappa shape index (κ3) is 4.38. The lowest BCUT2D eigenvalue weighted by Crippen LogP contribution is -2.26. The zero-order chi connectivity index (χ0) is 15.1. The van der Waals surface area contributed by atoms with Crippen LogP contribution in [-0.4, -0.2) is 30.4 Å². The van der Waals surface area contributed by atoms with Gasteiger partial charge in [0.2, 0.25) is 0 Å². The van der Waals surface area contributed by atoms with Crippen molar-refractivity contribution in [2.75, 3.05) is 13.2 Å². The number of benzene rings is 1. The van der Waals surface area contributed by atoms with Gasteiger partial charge in [-0.25, -0.2) is 4.79 Å². The highest BCUT2D eigenvalue weighted by Crippen LogP contribution is 2.37. The molecule has 20 heavy (non-hydrogen) atoms. The first-order chi connectivity index (χ1) is 9.53. The summed E-state index contributed by atoms with van der Waals surface area (Å²) in [6, 6.07) is 3.40. The Morgan fingerprint density at radius 2 is 2.05 bits per heavy atom. The zero-order valence-electron chi connectivity index (χ0n) is 11.8. The molecule has 0 radical (unpaired) electrons. The highest BCUT2D eigenvalue weighted by Gasteiger charge is 2.20. The topological polar surface area (TPSA) is 65.0 Å². The molecule has 0 fully saturated rings. The van der Waals surface area contributed by atoms with E-state index in [9.17, 15) is 9.90 Å². The quantitative estimate of drug-likeness (QED) is 0.769. The van der Waals surface area contributed by atoms with E-state index in [1.807, 2.05) is 6.92 Å². The Bertz CT molecular complexity index is 461. The molecule has 112 valence electrons. The monoisotopic (exact) mass is 346 g/mol. The summed E-state index contributed by atoms with van der Waals surface area (Å²) in [7, 11) is 0. The summed E-state index contributed by atoms with van der Waals surface area (Å²) in [5.41, 5.74) is 0.691. The van der Waals surface area contributed by atoms with E-state index < -0.39 is 12.1 Å². The molecule has 0 bridgehead atoms. The van der Waals surface area contributed by atoms with E-state index in [1.165, 1.54) is 0 Å². The van der Waals surface area contributed by atoms with Crippen LogP contribution in [0.4, 0.5) is 0 Å². The molecule has 0 saturated carbocycles. The number of ether oxygens (including phenoxy) is 3. The molecular formula is C14H19BrO5. The minimum atomic E-state index is -0.745. The summed E-state index contributed by atoms with van der Waals surface area (Å²) in [6.45, 7) is 5.84. The average molecular weight is 347 g/mol. The molecule has 0 aliphatic rings. The number of hydrogen-bond acceptors (Lipinski definition) is 5. The third-order valence-corrected chi connectivity index (χ3v) is 3.05. The molecule has 0 aliphatic heterocycles. The summed E-state index contributed by atoms with van der Waals surface area (Å²) in [5.74, 6) is 0.458. The van der Waals surface area contributed by atoms with E-state index in [0.29, 0.717) is 34.7 Å². The van der Waals surface area contributed by atoms with E-state index in [1.54, 1.807) is 26.0 Å². The van der Waals surface area contributed by atoms with Gasteiger partial charge in [0.05, 0.1) is 24.3 Å². The summed E-state index contributed by atoms with van der Waals surface area (Å²) in [6.07, 6.45) is -0.745. The molecule has 0 aromatic heterocycles. The number of aliphatic hydroxyl groups is 1. The Morgan fingerprint density at radius 3 is 2.60 bits per heavy atom. The molecule has 6 heteroatoms. The summed E-state index contributed by atoms with van der Waals surface area (Å²) >= 11 is 3.36. The molecule has 0 heterocycles. The van der Waals surface area contributed by atoms with Crippen LogP contribution >= 0.6 is 15.9 Å². The number of halogens is 1. The van der Waals surface area contributed by atoms with Crippen LogP contribution in [0.1, 0.15) is 26.3 Å². The highest BCUT2D eigenvalue weighted by atomic mass is 79.9. The van der Waals surface area contributed by atoms with Gasteiger partial charge >= 0.3 is 5.97 Å². The van der Waals surface area contributed by atoms with Gasteiger partial charge in [-0.05, 0) is 54.4 Å². The van der Waals surface area contributed by atoms with Gasteiger partial charge < -0.3 is 19.3 Å².